The SMILES string of the molecule is CN(C)C1(CNCC(=O)N2CCCC2)CCCC1. The van der Waals surface area contributed by atoms with Crippen LogP contribution in [0, 0.1) is 0 Å². The molecule has 0 radical (unpaired) electrons. The van der Waals surface area contributed by atoms with Crippen molar-refractivity contribution < 1.29 is 4.79 Å². The summed E-state index contributed by atoms with van der Waals surface area (Å²) >= 11 is 0. The molecule has 0 atom stereocenters. The molecule has 1 saturated carbocycles. The number of nitrogens with zero attached hydrogens (tertiary/aromatic N) is 2. The van der Waals surface area contributed by atoms with E-state index in [0.29, 0.717) is 6.54 Å². The Kier molecular flexibility index (Phi) is 4.62. The van der Waals surface area contributed by atoms with Crippen molar-refractivity contribution in [2.45, 2.75) is 44.1 Å². The van der Waals surface area contributed by atoms with Gasteiger partial charge >= 0.3 is 0 Å². The third-order valence-corrected chi connectivity index (χ3v) is 4.67. The Morgan fingerprint density at radius 1 is 1.17 bits per heavy atom. The molecular weight excluding hydrogens is 226 g/mol. The van der Waals surface area contributed by atoms with Gasteiger partial charge in [0.05, 0.1) is 6.54 Å². The summed E-state index contributed by atoms with van der Waals surface area (Å²) in [5.74, 6) is 0.277. The van der Waals surface area contributed by atoms with Crippen LogP contribution in [0.3, 0.4) is 0 Å². The summed E-state index contributed by atoms with van der Waals surface area (Å²) < 4.78 is 0. The van der Waals surface area contributed by atoms with Crippen molar-refractivity contribution in [1.82, 2.24) is 15.1 Å². The van der Waals surface area contributed by atoms with Gasteiger partial charge in [-0.15, -0.1) is 0 Å². The summed E-state index contributed by atoms with van der Waals surface area (Å²) in [6.07, 6.45) is 7.50. The number of likely N-dealkylation sites (N-methyl/N-ethyl adjacent to an activating group) is 1. The maximum atomic E-state index is 11.9. The molecule has 1 aliphatic heterocycles. The van der Waals surface area contributed by atoms with Gasteiger partial charge in [-0.1, -0.05) is 12.8 Å². The molecular formula is C14H27N3O. The Labute approximate surface area is 111 Å². The molecule has 104 valence electrons. The minimum Gasteiger partial charge on any atom is -0.342 e. The predicted octanol–water partition coefficient (Wildman–Crippen LogP) is 1.07. The standard InChI is InChI=1S/C14H27N3O/c1-16(2)14(7-3-4-8-14)12-15-11-13(18)17-9-5-6-10-17/h15H,3-12H2,1-2H3. The minimum absolute atomic E-state index is 0.277. The molecule has 0 spiro atoms. The van der Waals surface area contributed by atoms with Crippen LogP contribution < -0.4 is 5.32 Å². The first-order chi connectivity index (χ1) is 8.64. The first-order valence-corrected chi connectivity index (χ1v) is 7.30. The molecule has 0 aromatic heterocycles. The van der Waals surface area contributed by atoms with Crippen LogP contribution in [-0.2, 0) is 4.79 Å². The van der Waals surface area contributed by atoms with Gasteiger partial charge in [-0.25, -0.2) is 0 Å². The molecule has 1 heterocycles. The highest BCUT2D eigenvalue weighted by atomic mass is 16.2. The third kappa shape index (κ3) is 3.04. The van der Waals surface area contributed by atoms with Crippen LogP contribution >= 0.6 is 0 Å². The highest BCUT2D eigenvalue weighted by molar-refractivity contribution is 5.78. The van der Waals surface area contributed by atoms with Crippen molar-refractivity contribution in [1.29, 1.82) is 0 Å². The monoisotopic (exact) mass is 253 g/mol. The second kappa shape index (κ2) is 6.02. The zero-order valence-electron chi connectivity index (χ0n) is 11.9. The lowest BCUT2D eigenvalue weighted by Crippen LogP contribution is -2.51. The quantitative estimate of drug-likeness (QED) is 0.796. The Balaban J connectivity index is 1.74. The molecule has 0 unspecified atom stereocenters. The van der Waals surface area contributed by atoms with Crippen LogP contribution in [0.5, 0.6) is 0 Å². The van der Waals surface area contributed by atoms with E-state index in [4.69, 9.17) is 0 Å². The Hall–Kier alpha value is -0.610. The van der Waals surface area contributed by atoms with Gasteiger partial charge in [-0.2, -0.15) is 0 Å². The van der Waals surface area contributed by atoms with Crippen LogP contribution in [0.4, 0.5) is 0 Å². The van der Waals surface area contributed by atoms with E-state index in [1.54, 1.807) is 0 Å². The fourth-order valence-corrected chi connectivity index (χ4v) is 3.30. The lowest BCUT2D eigenvalue weighted by Gasteiger charge is -2.36. The maximum absolute atomic E-state index is 11.9. The van der Waals surface area contributed by atoms with Gasteiger partial charge < -0.3 is 15.1 Å². The zero-order valence-corrected chi connectivity index (χ0v) is 11.9. The Morgan fingerprint density at radius 2 is 1.78 bits per heavy atom. The molecule has 0 aromatic carbocycles. The number of nitrogens with one attached hydrogen (secondary N) is 1. The Bertz CT molecular complexity index is 279. The van der Waals surface area contributed by atoms with Gasteiger partial charge in [-0.05, 0) is 39.8 Å². The smallest absolute Gasteiger partial charge is 0.236 e. The molecule has 4 heteroatoms. The van der Waals surface area contributed by atoms with Crippen LogP contribution in [0.1, 0.15) is 38.5 Å². The molecule has 2 fully saturated rings. The van der Waals surface area contributed by atoms with Crippen LogP contribution in [0.25, 0.3) is 0 Å². The number of carbonyl (C=O) groups is 1. The molecule has 1 aliphatic carbocycles. The van der Waals surface area contributed by atoms with E-state index < -0.39 is 0 Å². The van der Waals surface area contributed by atoms with Crippen molar-refractivity contribution in [3.05, 3.63) is 0 Å². The number of amides is 1. The van der Waals surface area contributed by atoms with Crippen LogP contribution in [-0.4, -0.2) is 61.5 Å². The predicted molar refractivity (Wildman–Crippen MR) is 73.6 cm³/mol. The highest BCUT2D eigenvalue weighted by Gasteiger charge is 2.35. The number of likely N-dealkylation sites (tertiary alicyclic amines) is 1. The summed E-state index contributed by atoms with van der Waals surface area (Å²) in [4.78, 5) is 16.3. The molecule has 0 bridgehead atoms. The van der Waals surface area contributed by atoms with Gasteiger partial charge in [0.1, 0.15) is 0 Å². The largest absolute Gasteiger partial charge is 0.342 e. The fourth-order valence-electron chi connectivity index (χ4n) is 3.30. The van der Waals surface area contributed by atoms with E-state index in [1.165, 1.54) is 38.5 Å². The highest BCUT2D eigenvalue weighted by Crippen LogP contribution is 2.32. The van der Waals surface area contributed by atoms with Crippen molar-refractivity contribution in [3.63, 3.8) is 0 Å². The maximum Gasteiger partial charge on any atom is 0.236 e. The number of carbonyl (C=O) groups excluding carboxylic acids is 1. The zero-order chi connectivity index (χ0) is 13.0. The second-order valence-electron chi connectivity index (χ2n) is 6.02. The molecule has 1 saturated heterocycles. The number of hydrogen-bond donors (Lipinski definition) is 1. The topological polar surface area (TPSA) is 35.6 Å². The van der Waals surface area contributed by atoms with Crippen molar-refractivity contribution in [2.75, 3.05) is 40.3 Å². The average Bonchev–Trinajstić information content (AvgIpc) is 3.00. The summed E-state index contributed by atoms with van der Waals surface area (Å²) in [5, 5.41) is 3.39. The molecule has 1 amide bonds. The van der Waals surface area contributed by atoms with Gasteiger partial charge in [0.15, 0.2) is 0 Å². The van der Waals surface area contributed by atoms with Gasteiger partial charge in [-0.3, -0.25) is 4.79 Å². The van der Waals surface area contributed by atoms with Crippen LogP contribution in [0.2, 0.25) is 0 Å². The summed E-state index contributed by atoms with van der Waals surface area (Å²) in [7, 11) is 4.32. The lowest BCUT2D eigenvalue weighted by atomic mass is 9.96. The van der Waals surface area contributed by atoms with Crippen molar-refractivity contribution in [2.24, 2.45) is 0 Å². The van der Waals surface area contributed by atoms with E-state index in [-0.39, 0.29) is 11.4 Å². The van der Waals surface area contributed by atoms with Gasteiger partial charge in [0.2, 0.25) is 5.91 Å². The van der Waals surface area contributed by atoms with E-state index in [0.717, 1.165) is 19.6 Å². The first-order valence-electron chi connectivity index (χ1n) is 7.30. The Morgan fingerprint density at radius 3 is 2.33 bits per heavy atom. The summed E-state index contributed by atoms with van der Waals surface area (Å²) in [5.41, 5.74) is 0.283. The van der Waals surface area contributed by atoms with Crippen molar-refractivity contribution >= 4 is 5.91 Å². The van der Waals surface area contributed by atoms with E-state index >= 15 is 0 Å². The summed E-state index contributed by atoms with van der Waals surface area (Å²) in [6.45, 7) is 3.37. The van der Waals surface area contributed by atoms with Crippen molar-refractivity contribution in [3.8, 4) is 0 Å². The molecule has 2 rings (SSSR count). The normalized spacial score (nSPS) is 22.9. The lowest BCUT2D eigenvalue weighted by molar-refractivity contribution is -0.129. The average molecular weight is 253 g/mol. The third-order valence-electron chi connectivity index (χ3n) is 4.67. The molecule has 0 aromatic rings. The van der Waals surface area contributed by atoms with Gasteiger partial charge in [0, 0.05) is 25.2 Å². The minimum atomic E-state index is 0.277. The molecule has 1 N–H and O–H groups in total. The molecule has 4 nitrogen and oxygen atoms in total. The number of rotatable bonds is 5. The van der Waals surface area contributed by atoms with E-state index in [1.807, 2.05) is 4.90 Å². The number of hydrogen-bond acceptors (Lipinski definition) is 3. The fraction of sp³-hybridized carbons (Fsp3) is 0.929. The second-order valence-corrected chi connectivity index (χ2v) is 6.02. The molecule has 2 aliphatic rings. The van der Waals surface area contributed by atoms with Gasteiger partial charge in [0.25, 0.3) is 0 Å². The van der Waals surface area contributed by atoms with E-state index in [9.17, 15) is 4.79 Å². The van der Waals surface area contributed by atoms with Crippen LogP contribution in [0.15, 0.2) is 0 Å². The first kappa shape index (κ1) is 13.8. The summed E-state index contributed by atoms with van der Waals surface area (Å²) in [6, 6.07) is 0. The van der Waals surface area contributed by atoms with E-state index in [2.05, 4.69) is 24.3 Å². The molecule has 18 heavy (non-hydrogen) atoms.